The number of carbonyl (C=O) groups excluding carboxylic acids is 1. The molecule has 1 amide bonds. The van der Waals surface area contributed by atoms with Crippen LogP contribution in [-0.4, -0.2) is 140 Å². The first-order valence-corrected chi connectivity index (χ1v) is 41.2. The third-order valence-corrected chi connectivity index (χ3v) is 20.3. The van der Waals surface area contributed by atoms with E-state index in [4.69, 9.17) is 18.9 Å². The lowest BCUT2D eigenvalue weighted by Gasteiger charge is -2.46. The van der Waals surface area contributed by atoms with Crippen molar-refractivity contribution in [3.8, 4) is 0 Å². The van der Waals surface area contributed by atoms with Crippen LogP contribution in [0.2, 0.25) is 0 Å². The topological polar surface area (TPSA) is 228 Å². The van der Waals surface area contributed by atoms with E-state index in [1.54, 1.807) is 6.08 Å². The minimum Gasteiger partial charge on any atom is -0.394 e. The maximum absolute atomic E-state index is 13.4. The third kappa shape index (κ3) is 48.9. The van der Waals surface area contributed by atoms with Gasteiger partial charge in [0, 0.05) is 6.42 Å². The van der Waals surface area contributed by atoms with E-state index in [1.807, 2.05) is 6.08 Å². The van der Waals surface area contributed by atoms with Gasteiger partial charge in [-0.2, -0.15) is 0 Å². The first-order chi connectivity index (χ1) is 47.1. The molecule has 12 unspecified atom stereocenters. The Morgan fingerprint density at radius 2 is 0.688 bits per heavy atom. The maximum Gasteiger partial charge on any atom is 0.220 e. The largest absolute Gasteiger partial charge is 0.394 e. The molecule has 2 aliphatic rings. The summed E-state index contributed by atoms with van der Waals surface area (Å²) in [4.78, 5) is 13.4. The second kappa shape index (κ2) is 66.4. The predicted octanol–water partition coefficient (Wildman–Crippen LogP) is 18.8. The molecule has 0 saturated carbocycles. The second-order valence-corrected chi connectivity index (χ2v) is 29.3. The van der Waals surface area contributed by atoms with E-state index >= 15 is 0 Å². The average molecular weight is 1360 g/mol. The molecule has 2 saturated heterocycles. The predicted molar refractivity (Wildman–Crippen MR) is 397 cm³/mol. The number of carbonyl (C=O) groups is 1. The molecule has 2 heterocycles. The van der Waals surface area contributed by atoms with Crippen LogP contribution in [0.3, 0.4) is 0 Å². The van der Waals surface area contributed by atoms with E-state index in [2.05, 4.69) is 43.5 Å². The highest BCUT2D eigenvalue weighted by molar-refractivity contribution is 5.76. The van der Waals surface area contributed by atoms with Crippen molar-refractivity contribution < 1.29 is 64.6 Å². The van der Waals surface area contributed by atoms with Crippen molar-refractivity contribution in [3.05, 3.63) is 36.5 Å². The van der Waals surface area contributed by atoms with Gasteiger partial charge in [-0.1, -0.05) is 365 Å². The summed E-state index contributed by atoms with van der Waals surface area (Å²) < 4.78 is 22.9. The van der Waals surface area contributed by atoms with E-state index in [-0.39, 0.29) is 18.9 Å². The zero-order chi connectivity index (χ0) is 69.4. The van der Waals surface area contributed by atoms with Crippen molar-refractivity contribution in [1.82, 2.24) is 5.32 Å². The van der Waals surface area contributed by atoms with E-state index in [1.165, 1.54) is 315 Å². The number of hydrogen-bond acceptors (Lipinski definition) is 13. The van der Waals surface area contributed by atoms with E-state index in [0.717, 1.165) is 44.9 Å². The smallest absolute Gasteiger partial charge is 0.220 e. The average Bonchev–Trinajstić information content (AvgIpc) is 0.854. The van der Waals surface area contributed by atoms with Crippen LogP contribution in [0.25, 0.3) is 0 Å². The molecule has 0 spiro atoms. The normalized spacial score (nSPS) is 22.4. The quantitative estimate of drug-likeness (QED) is 0.0204. The molecule has 96 heavy (non-hydrogen) atoms. The molecule has 14 nitrogen and oxygen atoms in total. The molecular weight excluding hydrogens is 1210 g/mol. The van der Waals surface area contributed by atoms with Crippen molar-refractivity contribution in [3.63, 3.8) is 0 Å². The standard InChI is InChI=1S/C82H155NO13/c1-3-5-7-9-11-13-15-17-19-21-23-25-27-29-31-33-34-35-36-38-39-41-43-45-47-49-51-53-55-57-59-61-63-65-71(86)70(69-93-81-79(92)77(90)80(73(68-85)95-81)96-82-78(91)76(89)75(88)72(67-84)94-82)83-74(87)66-64-62-60-58-56-54-52-50-48-46-44-42-40-37-32-30-28-26-24-22-20-18-16-14-12-10-8-6-4-2/h16,18,22,24,63,65,70-73,75-82,84-86,88-92H,3-15,17,19-21,23,25-62,64,66-69H2,1-2H3,(H,83,87)/b18-16-,24-22-,65-63+. The van der Waals surface area contributed by atoms with Crippen LogP contribution in [0.1, 0.15) is 386 Å². The Labute approximate surface area is 589 Å². The summed E-state index contributed by atoms with van der Waals surface area (Å²) in [6, 6.07) is -0.916. The molecule has 0 aromatic heterocycles. The van der Waals surface area contributed by atoms with Gasteiger partial charge in [0.05, 0.1) is 32.0 Å². The summed E-state index contributed by atoms with van der Waals surface area (Å²) >= 11 is 0. The summed E-state index contributed by atoms with van der Waals surface area (Å²) in [7, 11) is 0. The number of amides is 1. The SMILES string of the molecule is CCCCCCC/C=C\C/C=C\CCCCCCCCCCCCCCCCCCCC(=O)NC(COC1OC(CO)C(OC2OC(CO)C(O)C(O)C2O)C(O)C1O)C(O)/C=C/CCCCCCCCCCCCCCCCCCCCCCCCCCCCCCCCC. The van der Waals surface area contributed by atoms with E-state index in [9.17, 15) is 45.6 Å². The Morgan fingerprint density at radius 3 is 1.04 bits per heavy atom. The van der Waals surface area contributed by atoms with Gasteiger partial charge in [0.25, 0.3) is 0 Å². The van der Waals surface area contributed by atoms with Crippen molar-refractivity contribution in [1.29, 1.82) is 0 Å². The third-order valence-electron chi connectivity index (χ3n) is 20.3. The van der Waals surface area contributed by atoms with Crippen molar-refractivity contribution in [2.45, 2.75) is 460 Å². The molecule has 566 valence electrons. The van der Waals surface area contributed by atoms with Gasteiger partial charge in [0.15, 0.2) is 12.6 Å². The number of aliphatic hydroxyl groups excluding tert-OH is 8. The molecule has 14 heteroatoms. The highest BCUT2D eigenvalue weighted by Crippen LogP contribution is 2.30. The molecule has 0 bridgehead atoms. The molecule has 12 atom stereocenters. The van der Waals surface area contributed by atoms with Crippen LogP contribution in [0.5, 0.6) is 0 Å². The Kier molecular flexibility index (Phi) is 62.5. The molecule has 2 aliphatic heterocycles. The van der Waals surface area contributed by atoms with Crippen molar-refractivity contribution >= 4 is 5.91 Å². The summed E-state index contributed by atoms with van der Waals surface area (Å²) in [5.74, 6) is -0.232. The van der Waals surface area contributed by atoms with Gasteiger partial charge in [-0.05, 0) is 51.4 Å². The fourth-order valence-electron chi connectivity index (χ4n) is 13.8. The van der Waals surface area contributed by atoms with Crippen LogP contribution in [0.4, 0.5) is 0 Å². The van der Waals surface area contributed by atoms with Crippen molar-refractivity contribution in [2.24, 2.45) is 0 Å². The number of unbranched alkanes of at least 4 members (excludes halogenated alkanes) is 53. The Hall–Kier alpha value is -1.79. The molecule has 2 rings (SSSR count). The number of ether oxygens (including phenoxy) is 4. The molecule has 9 N–H and O–H groups in total. The Bertz CT molecular complexity index is 1750. The number of rotatable bonds is 70. The second-order valence-electron chi connectivity index (χ2n) is 29.3. The van der Waals surface area contributed by atoms with E-state index in [0.29, 0.717) is 6.42 Å². The zero-order valence-electron chi connectivity index (χ0n) is 62.1. The monoisotopic (exact) mass is 1360 g/mol. The summed E-state index contributed by atoms with van der Waals surface area (Å²) in [6.07, 6.45) is 70.9. The first kappa shape index (κ1) is 90.3. The minimum atomic E-state index is -1.79. The lowest BCUT2D eigenvalue weighted by atomic mass is 9.97. The number of hydrogen-bond donors (Lipinski definition) is 9. The van der Waals surface area contributed by atoms with Crippen molar-refractivity contribution in [2.75, 3.05) is 19.8 Å². The Morgan fingerprint density at radius 1 is 0.375 bits per heavy atom. The fourth-order valence-corrected chi connectivity index (χ4v) is 13.8. The Balaban J connectivity index is 1.61. The van der Waals surface area contributed by atoms with E-state index < -0.39 is 86.8 Å². The minimum absolute atomic E-state index is 0.232. The molecular formula is C82H155NO13. The van der Waals surface area contributed by atoms with Crippen LogP contribution in [-0.2, 0) is 23.7 Å². The summed E-state index contributed by atoms with van der Waals surface area (Å²) in [5, 5.41) is 87.7. The summed E-state index contributed by atoms with van der Waals surface area (Å²) in [5.41, 5.74) is 0. The summed E-state index contributed by atoms with van der Waals surface area (Å²) in [6.45, 7) is 2.86. The van der Waals surface area contributed by atoms with Gasteiger partial charge in [-0.25, -0.2) is 0 Å². The van der Waals surface area contributed by atoms with Gasteiger partial charge in [-0.15, -0.1) is 0 Å². The molecule has 0 aromatic carbocycles. The van der Waals surface area contributed by atoms with Crippen LogP contribution in [0.15, 0.2) is 36.5 Å². The van der Waals surface area contributed by atoms with Gasteiger partial charge < -0.3 is 65.1 Å². The number of aliphatic hydroxyl groups is 8. The lowest BCUT2D eigenvalue weighted by molar-refractivity contribution is -0.359. The highest BCUT2D eigenvalue weighted by atomic mass is 16.7. The molecule has 0 radical (unpaired) electrons. The molecule has 0 aromatic rings. The van der Waals surface area contributed by atoms with Gasteiger partial charge >= 0.3 is 0 Å². The number of nitrogens with one attached hydrogen (secondary N) is 1. The number of allylic oxidation sites excluding steroid dienone is 5. The highest BCUT2D eigenvalue weighted by Gasteiger charge is 2.51. The van der Waals surface area contributed by atoms with Crippen LogP contribution in [0, 0.1) is 0 Å². The fraction of sp³-hybridized carbons (Fsp3) is 0.915. The van der Waals surface area contributed by atoms with Gasteiger partial charge in [0.2, 0.25) is 5.91 Å². The first-order valence-electron chi connectivity index (χ1n) is 41.2. The van der Waals surface area contributed by atoms with Gasteiger partial charge in [0.1, 0.15) is 48.8 Å². The zero-order valence-corrected chi connectivity index (χ0v) is 62.1. The lowest BCUT2D eigenvalue weighted by Crippen LogP contribution is -2.65. The molecule has 2 fully saturated rings. The molecule has 0 aliphatic carbocycles. The maximum atomic E-state index is 13.4. The van der Waals surface area contributed by atoms with Gasteiger partial charge in [-0.3, -0.25) is 4.79 Å². The van der Waals surface area contributed by atoms with Crippen LogP contribution >= 0.6 is 0 Å². The van der Waals surface area contributed by atoms with Crippen LogP contribution < -0.4 is 5.32 Å².